The van der Waals surface area contributed by atoms with Gasteiger partial charge >= 0.3 is 24.6 Å². The van der Waals surface area contributed by atoms with Gasteiger partial charge in [-0.05, 0) is 55.3 Å². The predicted molar refractivity (Wildman–Crippen MR) is 127 cm³/mol. The molecule has 40 heavy (non-hydrogen) atoms. The van der Waals surface area contributed by atoms with Crippen LogP contribution in [-0.4, -0.2) is 45.1 Å². The molecule has 0 spiro atoms. The standard InChI is InChI=1S/C25H21F9N2O3S/c1-11-20(13-5-16(24(29,30)31)8-17(6-13)25(32,33)34)39-22(38)36(11)9-14-7-15(23(26,27)28)3-4-18(14)21-35-19(10-40-21)12(2)37/h3-8,11-12,19-20,37H,9-10H2,1-2H3/t11-,12?,19?,20-/m0/s1. The molecule has 218 valence electrons. The first kappa shape index (κ1) is 30.0. The van der Waals surface area contributed by atoms with Crippen LogP contribution in [0.5, 0.6) is 0 Å². The van der Waals surface area contributed by atoms with Crippen LogP contribution in [-0.2, 0) is 29.8 Å². The number of ether oxygens (including phenoxy) is 1. The first-order valence-electron chi connectivity index (χ1n) is 11.7. The van der Waals surface area contributed by atoms with Gasteiger partial charge in [0.15, 0.2) is 0 Å². The lowest BCUT2D eigenvalue weighted by atomic mass is 9.97. The Morgan fingerprint density at radius 2 is 1.55 bits per heavy atom. The number of aliphatic hydroxyl groups excluding tert-OH is 1. The van der Waals surface area contributed by atoms with Crippen molar-refractivity contribution in [1.82, 2.24) is 4.90 Å². The lowest BCUT2D eigenvalue weighted by molar-refractivity contribution is -0.143. The molecule has 1 fully saturated rings. The lowest BCUT2D eigenvalue weighted by Gasteiger charge is -2.24. The number of benzene rings is 2. The summed E-state index contributed by atoms with van der Waals surface area (Å²) in [4.78, 5) is 18.0. The number of aliphatic hydroxyl groups is 1. The molecule has 2 aliphatic rings. The largest absolute Gasteiger partial charge is 0.439 e. The summed E-state index contributed by atoms with van der Waals surface area (Å²) < 4.78 is 126. The summed E-state index contributed by atoms with van der Waals surface area (Å²) in [7, 11) is 0. The number of carbonyl (C=O) groups excluding carboxylic acids is 1. The van der Waals surface area contributed by atoms with E-state index in [9.17, 15) is 49.4 Å². The molecule has 1 saturated heterocycles. The number of carbonyl (C=O) groups is 1. The van der Waals surface area contributed by atoms with Crippen LogP contribution in [0.3, 0.4) is 0 Å². The summed E-state index contributed by atoms with van der Waals surface area (Å²) in [5.74, 6) is 0.356. The van der Waals surface area contributed by atoms with Crippen LogP contribution in [0.15, 0.2) is 41.4 Å². The Bertz CT molecular complexity index is 1290. The predicted octanol–water partition coefficient (Wildman–Crippen LogP) is 7.07. The molecule has 0 saturated carbocycles. The van der Waals surface area contributed by atoms with Crippen molar-refractivity contribution in [3.8, 4) is 0 Å². The summed E-state index contributed by atoms with van der Waals surface area (Å²) in [6.07, 6.45) is -18.5. The number of nitrogens with zero attached hydrogens (tertiary/aromatic N) is 2. The van der Waals surface area contributed by atoms with Gasteiger partial charge in [0.2, 0.25) is 0 Å². The van der Waals surface area contributed by atoms with Crippen LogP contribution in [0, 0.1) is 0 Å². The second-order valence-electron chi connectivity index (χ2n) is 9.43. The van der Waals surface area contributed by atoms with E-state index in [1.807, 2.05) is 0 Å². The molecule has 4 atom stereocenters. The topological polar surface area (TPSA) is 62.1 Å². The summed E-state index contributed by atoms with van der Waals surface area (Å²) in [5, 5.41) is 10.2. The number of rotatable bonds is 5. The van der Waals surface area contributed by atoms with E-state index in [0.717, 1.165) is 17.0 Å². The van der Waals surface area contributed by atoms with Crippen LogP contribution in [0.25, 0.3) is 0 Å². The van der Waals surface area contributed by atoms with Crippen LogP contribution in [0.1, 0.15) is 53.3 Å². The van der Waals surface area contributed by atoms with Crippen molar-refractivity contribution < 1.29 is 54.2 Å². The van der Waals surface area contributed by atoms with Crippen molar-refractivity contribution in [3.63, 3.8) is 0 Å². The van der Waals surface area contributed by atoms with E-state index in [-0.39, 0.29) is 17.2 Å². The lowest BCUT2D eigenvalue weighted by Crippen LogP contribution is -2.32. The zero-order chi connectivity index (χ0) is 29.8. The number of thioether (sulfide) groups is 1. The summed E-state index contributed by atoms with van der Waals surface area (Å²) in [6, 6.07) is 1.97. The Balaban J connectivity index is 1.71. The molecule has 4 rings (SSSR count). The molecule has 0 aliphatic carbocycles. The van der Waals surface area contributed by atoms with Crippen LogP contribution < -0.4 is 0 Å². The zero-order valence-corrected chi connectivity index (χ0v) is 21.5. The molecule has 0 radical (unpaired) electrons. The van der Waals surface area contributed by atoms with E-state index in [0.29, 0.717) is 22.9 Å². The van der Waals surface area contributed by atoms with Crippen molar-refractivity contribution in [2.45, 2.75) is 63.2 Å². The molecule has 1 amide bonds. The molecule has 2 aromatic rings. The molecule has 5 nitrogen and oxygen atoms in total. The summed E-state index contributed by atoms with van der Waals surface area (Å²) >= 11 is 1.19. The Hall–Kier alpha value is -2.94. The van der Waals surface area contributed by atoms with Crippen molar-refractivity contribution >= 4 is 22.9 Å². The molecule has 2 heterocycles. The summed E-state index contributed by atoms with van der Waals surface area (Å²) in [5.41, 5.74) is -4.57. The van der Waals surface area contributed by atoms with E-state index >= 15 is 0 Å². The molecule has 15 heteroatoms. The Morgan fingerprint density at radius 1 is 0.975 bits per heavy atom. The van der Waals surface area contributed by atoms with Gasteiger partial charge in [-0.2, -0.15) is 39.5 Å². The Kier molecular flexibility index (Phi) is 7.86. The third kappa shape index (κ3) is 6.19. The van der Waals surface area contributed by atoms with E-state index in [2.05, 4.69) is 4.99 Å². The summed E-state index contributed by atoms with van der Waals surface area (Å²) in [6.45, 7) is 2.31. The van der Waals surface area contributed by atoms with E-state index in [1.54, 1.807) is 0 Å². The Labute approximate surface area is 226 Å². The van der Waals surface area contributed by atoms with E-state index < -0.39 is 77.7 Å². The quantitative estimate of drug-likeness (QED) is 0.373. The van der Waals surface area contributed by atoms with E-state index in [4.69, 9.17) is 4.74 Å². The fourth-order valence-electron chi connectivity index (χ4n) is 4.38. The average molecular weight is 601 g/mol. The van der Waals surface area contributed by atoms with Crippen molar-refractivity contribution in [3.05, 3.63) is 69.8 Å². The highest BCUT2D eigenvalue weighted by Crippen LogP contribution is 2.42. The number of hydrogen-bond acceptors (Lipinski definition) is 5. The van der Waals surface area contributed by atoms with Gasteiger partial charge in [-0.1, -0.05) is 6.07 Å². The minimum atomic E-state index is -5.13. The maximum absolute atomic E-state index is 13.5. The van der Waals surface area contributed by atoms with Gasteiger partial charge < -0.3 is 9.84 Å². The van der Waals surface area contributed by atoms with Gasteiger partial charge in [0.25, 0.3) is 0 Å². The van der Waals surface area contributed by atoms with Crippen molar-refractivity contribution in [2.24, 2.45) is 4.99 Å². The minimum absolute atomic E-state index is 0.0169. The first-order chi connectivity index (χ1) is 18.4. The number of cyclic esters (lactones) is 1. The number of halogens is 9. The SMILES string of the molecule is CC(O)C1CSC(c2ccc(C(F)(F)F)cc2CN2C(=O)O[C@H](c3cc(C(F)(F)F)cc(C(F)(F)F)c3)[C@@H]2C)=N1. The number of alkyl halides is 9. The van der Waals surface area contributed by atoms with Crippen LogP contribution >= 0.6 is 11.8 Å². The van der Waals surface area contributed by atoms with Gasteiger partial charge in [0, 0.05) is 11.3 Å². The fraction of sp³-hybridized carbons (Fsp3) is 0.440. The second kappa shape index (κ2) is 10.5. The molecule has 0 aromatic heterocycles. The van der Waals surface area contributed by atoms with Gasteiger partial charge in [0.1, 0.15) is 6.10 Å². The first-order valence-corrected chi connectivity index (χ1v) is 12.7. The van der Waals surface area contributed by atoms with E-state index in [1.165, 1.54) is 31.7 Å². The van der Waals surface area contributed by atoms with Gasteiger partial charge in [0.05, 0.1) is 46.5 Å². The second-order valence-corrected chi connectivity index (χ2v) is 10.4. The van der Waals surface area contributed by atoms with Crippen LogP contribution in [0.2, 0.25) is 0 Å². The molecule has 2 aromatic carbocycles. The normalized spacial score (nSPS) is 22.9. The monoisotopic (exact) mass is 600 g/mol. The number of aliphatic imine (C=N–C) groups is 1. The van der Waals surface area contributed by atoms with Crippen molar-refractivity contribution in [2.75, 3.05) is 5.75 Å². The highest BCUT2D eigenvalue weighted by atomic mass is 32.2. The third-order valence-electron chi connectivity index (χ3n) is 6.56. The highest BCUT2D eigenvalue weighted by Gasteiger charge is 2.44. The highest BCUT2D eigenvalue weighted by molar-refractivity contribution is 8.14. The number of amides is 1. The molecule has 2 aliphatic heterocycles. The average Bonchev–Trinajstić information content (AvgIpc) is 3.43. The van der Waals surface area contributed by atoms with Gasteiger partial charge in [-0.25, -0.2) is 4.79 Å². The molecule has 2 unspecified atom stereocenters. The zero-order valence-electron chi connectivity index (χ0n) is 20.7. The smallest absolute Gasteiger partial charge is 0.416 e. The van der Waals surface area contributed by atoms with Crippen molar-refractivity contribution in [1.29, 1.82) is 0 Å². The number of hydrogen-bond donors (Lipinski definition) is 1. The molecule has 1 N–H and O–H groups in total. The molecule has 0 bridgehead atoms. The fourth-order valence-corrected chi connectivity index (χ4v) is 5.63. The van der Waals surface area contributed by atoms with Crippen LogP contribution in [0.4, 0.5) is 44.3 Å². The third-order valence-corrected chi connectivity index (χ3v) is 7.67. The maximum Gasteiger partial charge on any atom is 0.416 e. The van der Waals surface area contributed by atoms with Gasteiger partial charge in [-0.15, -0.1) is 11.8 Å². The molecular formula is C25H21F9N2O3S. The Morgan fingerprint density at radius 3 is 2.05 bits per heavy atom. The minimum Gasteiger partial charge on any atom is -0.439 e. The van der Waals surface area contributed by atoms with Gasteiger partial charge in [-0.3, -0.25) is 9.89 Å². The molecular weight excluding hydrogens is 579 g/mol. The maximum atomic E-state index is 13.5.